The average molecular weight is 299 g/mol. The van der Waals surface area contributed by atoms with Gasteiger partial charge in [0.25, 0.3) is 0 Å². The summed E-state index contributed by atoms with van der Waals surface area (Å²) in [7, 11) is 0. The molecule has 6 nitrogen and oxygen atoms in total. The molecule has 21 heavy (non-hydrogen) atoms. The second-order valence-corrected chi connectivity index (χ2v) is 7.18. The number of hydrogen-bond acceptors (Lipinski definition) is 4. The van der Waals surface area contributed by atoms with Gasteiger partial charge in [0.2, 0.25) is 5.91 Å². The van der Waals surface area contributed by atoms with Gasteiger partial charge in [-0.2, -0.15) is 0 Å². The van der Waals surface area contributed by atoms with Crippen LogP contribution in [0.5, 0.6) is 0 Å². The number of amides is 2. The van der Waals surface area contributed by atoms with E-state index in [-0.39, 0.29) is 11.4 Å². The molecular formula is C15H29N3O3. The molecule has 1 saturated heterocycles. The van der Waals surface area contributed by atoms with Gasteiger partial charge in [0.1, 0.15) is 11.6 Å². The lowest BCUT2D eigenvalue weighted by molar-refractivity contribution is -0.135. The van der Waals surface area contributed by atoms with E-state index in [2.05, 4.69) is 24.5 Å². The smallest absolute Gasteiger partial charge is 0.408 e. The summed E-state index contributed by atoms with van der Waals surface area (Å²) in [5.41, 5.74) is -0.666. The fourth-order valence-corrected chi connectivity index (χ4v) is 2.34. The third kappa shape index (κ3) is 5.91. The quantitative estimate of drug-likeness (QED) is 0.828. The number of nitrogens with zero attached hydrogens (tertiary/aromatic N) is 1. The molecule has 0 saturated carbocycles. The fraction of sp³-hybridized carbons (Fsp3) is 0.867. The molecule has 2 N–H and O–H groups in total. The van der Waals surface area contributed by atoms with Crippen molar-refractivity contribution in [2.45, 2.75) is 65.1 Å². The van der Waals surface area contributed by atoms with Crippen molar-refractivity contribution in [3.8, 4) is 0 Å². The van der Waals surface area contributed by atoms with Gasteiger partial charge in [-0.15, -0.1) is 0 Å². The third-order valence-electron chi connectivity index (χ3n) is 3.28. The number of ether oxygens (including phenoxy) is 1. The largest absolute Gasteiger partial charge is 0.444 e. The van der Waals surface area contributed by atoms with Crippen molar-refractivity contribution in [1.29, 1.82) is 0 Å². The van der Waals surface area contributed by atoms with Crippen molar-refractivity contribution in [2.75, 3.05) is 19.6 Å². The number of nitrogens with one attached hydrogen (secondary N) is 2. The molecule has 1 rings (SSSR count). The van der Waals surface area contributed by atoms with Gasteiger partial charge in [-0.25, -0.2) is 4.79 Å². The van der Waals surface area contributed by atoms with E-state index in [0.29, 0.717) is 19.5 Å². The van der Waals surface area contributed by atoms with Crippen LogP contribution in [0.4, 0.5) is 4.79 Å². The summed E-state index contributed by atoms with van der Waals surface area (Å²) in [6.07, 6.45) is -0.000276. The van der Waals surface area contributed by atoms with E-state index in [4.69, 9.17) is 4.74 Å². The van der Waals surface area contributed by atoms with Crippen LogP contribution in [0.25, 0.3) is 0 Å². The summed E-state index contributed by atoms with van der Waals surface area (Å²) in [5.74, 6) is -0.0436. The first-order valence-corrected chi connectivity index (χ1v) is 7.57. The summed E-state index contributed by atoms with van der Waals surface area (Å²) in [5, 5.41) is 6.04. The Bertz CT molecular complexity index is 388. The minimum Gasteiger partial charge on any atom is -0.444 e. The Balaban J connectivity index is 2.63. The monoisotopic (exact) mass is 299 g/mol. The number of rotatable bonds is 3. The van der Waals surface area contributed by atoms with Gasteiger partial charge in [0.15, 0.2) is 0 Å². The molecule has 0 aromatic rings. The zero-order chi connectivity index (χ0) is 16.3. The zero-order valence-corrected chi connectivity index (χ0v) is 14.1. The molecule has 0 bridgehead atoms. The van der Waals surface area contributed by atoms with Crippen LogP contribution in [0.15, 0.2) is 0 Å². The lowest BCUT2D eigenvalue weighted by Gasteiger charge is -2.40. The third-order valence-corrected chi connectivity index (χ3v) is 3.28. The second-order valence-electron chi connectivity index (χ2n) is 7.18. The summed E-state index contributed by atoms with van der Waals surface area (Å²) < 4.78 is 5.22. The molecule has 1 aliphatic rings. The molecule has 2 amide bonds. The van der Waals surface area contributed by atoms with E-state index in [1.165, 1.54) is 0 Å². The predicted molar refractivity (Wildman–Crippen MR) is 82.1 cm³/mol. The van der Waals surface area contributed by atoms with E-state index in [1.807, 2.05) is 11.8 Å². The highest BCUT2D eigenvalue weighted by atomic mass is 16.6. The van der Waals surface area contributed by atoms with Crippen molar-refractivity contribution >= 4 is 12.0 Å². The lowest BCUT2D eigenvalue weighted by atomic mass is 10.0. The van der Waals surface area contributed by atoms with Crippen molar-refractivity contribution in [1.82, 2.24) is 15.5 Å². The molecule has 0 unspecified atom stereocenters. The minimum atomic E-state index is -0.567. The highest BCUT2D eigenvalue weighted by Gasteiger charge is 2.32. The Kier molecular flexibility index (Phi) is 5.61. The molecule has 0 aliphatic carbocycles. The Morgan fingerprint density at radius 3 is 2.48 bits per heavy atom. The highest BCUT2D eigenvalue weighted by molar-refractivity contribution is 5.85. The van der Waals surface area contributed by atoms with Crippen molar-refractivity contribution in [3.05, 3.63) is 0 Å². The lowest BCUT2D eigenvalue weighted by Crippen LogP contribution is -2.61. The minimum absolute atomic E-state index is 0.0436. The Hall–Kier alpha value is -1.30. The van der Waals surface area contributed by atoms with E-state index in [1.54, 1.807) is 20.8 Å². The van der Waals surface area contributed by atoms with Crippen LogP contribution in [0.3, 0.4) is 0 Å². The van der Waals surface area contributed by atoms with Crippen LogP contribution in [0, 0.1) is 0 Å². The van der Waals surface area contributed by atoms with Crippen LogP contribution in [0.1, 0.15) is 48.0 Å². The first kappa shape index (κ1) is 17.8. The van der Waals surface area contributed by atoms with Gasteiger partial charge in [0, 0.05) is 25.2 Å². The summed E-state index contributed by atoms with van der Waals surface area (Å²) >= 11 is 0. The highest BCUT2D eigenvalue weighted by Crippen LogP contribution is 2.13. The van der Waals surface area contributed by atoms with Gasteiger partial charge in [-0.3, -0.25) is 4.79 Å². The van der Waals surface area contributed by atoms with E-state index < -0.39 is 17.7 Å². The van der Waals surface area contributed by atoms with Crippen LogP contribution < -0.4 is 10.6 Å². The number of carbonyl (C=O) groups excluding carboxylic acids is 2. The molecule has 0 aromatic carbocycles. The molecule has 1 aliphatic heterocycles. The van der Waals surface area contributed by atoms with Crippen molar-refractivity contribution in [2.24, 2.45) is 0 Å². The Morgan fingerprint density at radius 2 is 2.00 bits per heavy atom. The van der Waals surface area contributed by atoms with Crippen LogP contribution in [0.2, 0.25) is 0 Å². The summed E-state index contributed by atoms with van der Waals surface area (Å²) in [6.45, 7) is 13.5. The zero-order valence-electron chi connectivity index (χ0n) is 14.1. The van der Waals surface area contributed by atoms with Gasteiger partial charge < -0.3 is 20.3 Å². The van der Waals surface area contributed by atoms with Crippen molar-refractivity contribution in [3.63, 3.8) is 0 Å². The second kappa shape index (κ2) is 6.64. The summed E-state index contributed by atoms with van der Waals surface area (Å²) in [6, 6.07) is -0.534. The first-order chi connectivity index (χ1) is 9.54. The predicted octanol–water partition coefficient (Wildman–Crippen LogP) is 1.50. The number of hydrogen-bond donors (Lipinski definition) is 2. The summed E-state index contributed by atoms with van der Waals surface area (Å²) in [4.78, 5) is 26.2. The maximum atomic E-state index is 12.5. The normalized spacial score (nSPS) is 19.8. The van der Waals surface area contributed by atoms with Crippen LogP contribution >= 0.6 is 0 Å². The van der Waals surface area contributed by atoms with Crippen LogP contribution in [-0.4, -0.2) is 53.7 Å². The van der Waals surface area contributed by atoms with Crippen LogP contribution in [-0.2, 0) is 9.53 Å². The molecule has 1 fully saturated rings. The standard InChI is InChI=1S/C15H29N3O3/c1-7-11(17-13(20)21-14(2,3)4)12(19)18-9-8-16-15(5,6)10-18/h11,16H,7-10H2,1-6H3,(H,17,20)/t11-/m0/s1. The molecule has 122 valence electrons. The number of carbonyl (C=O) groups is 2. The number of alkyl carbamates (subject to hydrolysis) is 1. The Morgan fingerprint density at radius 1 is 1.38 bits per heavy atom. The van der Waals surface area contributed by atoms with E-state index >= 15 is 0 Å². The molecule has 0 radical (unpaired) electrons. The maximum absolute atomic E-state index is 12.5. The van der Waals surface area contributed by atoms with Crippen molar-refractivity contribution < 1.29 is 14.3 Å². The molecule has 0 spiro atoms. The molecule has 1 heterocycles. The molecule has 6 heteroatoms. The number of piperazine rings is 1. The maximum Gasteiger partial charge on any atom is 0.408 e. The molecular weight excluding hydrogens is 270 g/mol. The average Bonchev–Trinajstić information content (AvgIpc) is 2.31. The fourth-order valence-electron chi connectivity index (χ4n) is 2.34. The van der Waals surface area contributed by atoms with Gasteiger partial charge in [-0.1, -0.05) is 6.92 Å². The van der Waals surface area contributed by atoms with Gasteiger partial charge >= 0.3 is 6.09 Å². The Labute approximate surface area is 127 Å². The first-order valence-electron chi connectivity index (χ1n) is 7.57. The topological polar surface area (TPSA) is 70.7 Å². The molecule has 0 aromatic heterocycles. The molecule has 1 atom stereocenters. The van der Waals surface area contributed by atoms with Gasteiger partial charge in [-0.05, 0) is 41.0 Å². The van der Waals surface area contributed by atoms with E-state index in [0.717, 1.165) is 6.54 Å². The SMILES string of the molecule is CC[C@H](NC(=O)OC(C)(C)C)C(=O)N1CCNC(C)(C)C1. The van der Waals surface area contributed by atoms with E-state index in [9.17, 15) is 9.59 Å². The van der Waals surface area contributed by atoms with Gasteiger partial charge in [0.05, 0.1) is 0 Å².